The van der Waals surface area contributed by atoms with Gasteiger partial charge in [-0.25, -0.2) is 0 Å². The summed E-state index contributed by atoms with van der Waals surface area (Å²) in [6.45, 7) is 1.98. The van der Waals surface area contributed by atoms with Crippen LogP contribution in [0.5, 0.6) is 0 Å². The van der Waals surface area contributed by atoms with Crippen LogP contribution in [0.4, 0.5) is 0 Å². The van der Waals surface area contributed by atoms with E-state index in [1.54, 1.807) is 0 Å². The Morgan fingerprint density at radius 1 is 1.38 bits per heavy atom. The Bertz CT molecular complexity index is 640. The first-order chi connectivity index (χ1) is 9.90. The van der Waals surface area contributed by atoms with E-state index in [9.17, 15) is 9.59 Å². The molecule has 0 radical (unpaired) electrons. The topological polar surface area (TPSA) is 57.6 Å². The molecule has 7 heteroatoms. The van der Waals surface area contributed by atoms with Crippen molar-refractivity contribution in [2.24, 2.45) is 0 Å². The number of carbonyl (C=O) groups is 2. The van der Waals surface area contributed by atoms with E-state index < -0.39 is 5.97 Å². The highest BCUT2D eigenvalue weighted by molar-refractivity contribution is 9.10. The standard InChI is InChI=1S/C14H12BrNO3S2/c1-8(9-2-4-10(15)5-3-9)12-13(19)16(14(20)21-12)7-6-11(17)18/h2-5H,6-7H2,1H3,(H,17,18). The van der Waals surface area contributed by atoms with Crippen LogP contribution in [0.2, 0.25) is 0 Å². The van der Waals surface area contributed by atoms with Crippen LogP contribution in [-0.4, -0.2) is 32.7 Å². The van der Waals surface area contributed by atoms with Crippen LogP contribution in [0.25, 0.3) is 5.57 Å². The molecule has 21 heavy (non-hydrogen) atoms. The van der Waals surface area contributed by atoms with E-state index in [2.05, 4.69) is 15.9 Å². The molecule has 0 unspecified atom stereocenters. The fourth-order valence-corrected chi connectivity index (χ4v) is 3.48. The molecule has 0 aromatic heterocycles. The summed E-state index contributed by atoms with van der Waals surface area (Å²) in [5.41, 5.74) is 1.79. The molecule has 1 aliphatic heterocycles. The van der Waals surface area contributed by atoms with E-state index in [0.717, 1.165) is 15.6 Å². The third kappa shape index (κ3) is 3.72. The van der Waals surface area contributed by atoms with Crippen molar-refractivity contribution in [3.8, 4) is 0 Å². The van der Waals surface area contributed by atoms with Gasteiger partial charge in [-0.05, 0) is 30.2 Å². The molecular formula is C14H12BrNO3S2. The molecular weight excluding hydrogens is 374 g/mol. The molecule has 1 amide bonds. The van der Waals surface area contributed by atoms with Crippen molar-refractivity contribution in [1.82, 2.24) is 4.90 Å². The lowest BCUT2D eigenvalue weighted by Crippen LogP contribution is -2.30. The second-order valence-electron chi connectivity index (χ2n) is 4.43. The minimum atomic E-state index is -0.947. The van der Waals surface area contributed by atoms with Crippen LogP contribution in [-0.2, 0) is 9.59 Å². The van der Waals surface area contributed by atoms with Gasteiger partial charge in [-0.3, -0.25) is 14.5 Å². The summed E-state index contributed by atoms with van der Waals surface area (Å²) in [6, 6.07) is 7.65. The van der Waals surface area contributed by atoms with Crippen LogP contribution in [0, 0.1) is 0 Å². The first-order valence-corrected chi connectivity index (χ1v) is 8.14. The molecule has 110 valence electrons. The summed E-state index contributed by atoms with van der Waals surface area (Å²) in [5.74, 6) is -1.16. The minimum Gasteiger partial charge on any atom is -0.481 e. The van der Waals surface area contributed by atoms with Gasteiger partial charge in [0.2, 0.25) is 0 Å². The normalized spacial score (nSPS) is 17.3. The van der Waals surface area contributed by atoms with Crippen LogP contribution >= 0.6 is 39.9 Å². The number of carbonyl (C=O) groups excluding carboxylic acids is 1. The molecule has 2 rings (SSSR count). The predicted octanol–water partition coefficient (Wildman–Crippen LogP) is 3.52. The van der Waals surface area contributed by atoms with E-state index >= 15 is 0 Å². The highest BCUT2D eigenvalue weighted by atomic mass is 79.9. The van der Waals surface area contributed by atoms with Crippen molar-refractivity contribution in [1.29, 1.82) is 0 Å². The van der Waals surface area contributed by atoms with E-state index in [1.165, 1.54) is 16.7 Å². The molecule has 1 fully saturated rings. The molecule has 4 nitrogen and oxygen atoms in total. The zero-order valence-corrected chi connectivity index (χ0v) is 14.3. The second-order valence-corrected chi connectivity index (χ2v) is 6.99. The number of carboxylic acid groups (broad SMARTS) is 1. The molecule has 1 aliphatic rings. The van der Waals surface area contributed by atoms with Gasteiger partial charge in [-0.15, -0.1) is 0 Å². The Labute approximate surface area is 140 Å². The van der Waals surface area contributed by atoms with E-state index in [-0.39, 0.29) is 18.9 Å². The zero-order valence-electron chi connectivity index (χ0n) is 11.1. The molecule has 0 saturated carbocycles. The summed E-state index contributed by atoms with van der Waals surface area (Å²) < 4.78 is 1.38. The molecule has 0 atom stereocenters. The Morgan fingerprint density at radius 2 is 2.00 bits per heavy atom. The number of hydrogen-bond acceptors (Lipinski definition) is 4. The smallest absolute Gasteiger partial charge is 0.305 e. The van der Waals surface area contributed by atoms with Crippen molar-refractivity contribution in [2.75, 3.05) is 6.54 Å². The first kappa shape index (κ1) is 16.2. The number of hydrogen-bond donors (Lipinski definition) is 1. The lowest BCUT2D eigenvalue weighted by Gasteiger charge is -2.12. The number of thiocarbonyl (C=S) groups is 1. The highest BCUT2D eigenvalue weighted by Gasteiger charge is 2.33. The number of nitrogens with zero attached hydrogens (tertiary/aromatic N) is 1. The van der Waals surface area contributed by atoms with Gasteiger partial charge in [0, 0.05) is 11.0 Å². The lowest BCUT2D eigenvalue weighted by molar-refractivity contribution is -0.137. The number of thioether (sulfide) groups is 1. The Hall–Kier alpha value is -1.18. The summed E-state index contributed by atoms with van der Waals surface area (Å²) in [6.07, 6.45) is -0.114. The van der Waals surface area contributed by atoms with Crippen LogP contribution in [0.3, 0.4) is 0 Å². The van der Waals surface area contributed by atoms with Gasteiger partial charge in [0.05, 0.1) is 11.3 Å². The number of benzene rings is 1. The van der Waals surface area contributed by atoms with Gasteiger partial charge in [-0.2, -0.15) is 0 Å². The van der Waals surface area contributed by atoms with Gasteiger partial charge in [-0.1, -0.05) is 52.0 Å². The van der Waals surface area contributed by atoms with E-state index in [0.29, 0.717) is 9.23 Å². The quantitative estimate of drug-likeness (QED) is 0.634. The Balaban J connectivity index is 2.26. The minimum absolute atomic E-state index is 0.108. The van der Waals surface area contributed by atoms with Crippen LogP contribution in [0.1, 0.15) is 18.9 Å². The van der Waals surface area contributed by atoms with Gasteiger partial charge < -0.3 is 5.11 Å². The largest absolute Gasteiger partial charge is 0.481 e. The van der Waals surface area contributed by atoms with Crippen LogP contribution in [0.15, 0.2) is 33.6 Å². The first-order valence-electron chi connectivity index (χ1n) is 6.12. The average Bonchev–Trinajstić information content (AvgIpc) is 2.72. The van der Waals surface area contributed by atoms with Gasteiger partial charge in [0.1, 0.15) is 4.32 Å². The fourth-order valence-electron chi connectivity index (χ4n) is 1.86. The molecule has 1 N–H and O–H groups in total. The number of carboxylic acids is 1. The number of amides is 1. The number of rotatable bonds is 4. The molecule has 1 saturated heterocycles. The van der Waals surface area contributed by atoms with Crippen LogP contribution < -0.4 is 0 Å². The molecule has 0 aliphatic carbocycles. The summed E-state index contributed by atoms with van der Waals surface area (Å²) in [4.78, 5) is 24.9. The molecule has 1 aromatic carbocycles. The van der Waals surface area contributed by atoms with Crippen molar-refractivity contribution in [2.45, 2.75) is 13.3 Å². The maximum atomic E-state index is 12.4. The molecule has 1 aromatic rings. The lowest BCUT2D eigenvalue weighted by atomic mass is 10.1. The third-order valence-corrected chi connectivity index (χ3v) is 5.10. The number of allylic oxidation sites excluding steroid dienone is 1. The molecule has 1 heterocycles. The zero-order chi connectivity index (χ0) is 15.6. The van der Waals surface area contributed by atoms with Crippen molar-refractivity contribution in [3.05, 3.63) is 39.2 Å². The monoisotopic (exact) mass is 385 g/mol. The van der Waals surface area contributed by atoms with Gasteiger partial charge >= 0.3 is 5.97 Å². The summed E-state index contributed by atoms with van der Waals surface area (Å²) in [7, 11) is 0. The highest BCUT2D eigenvalue weighted by Crippen LogP contribution is 2.36. The fraction of sp³-hybridized carbons (Fsp3) is 0.214. The summed E-state index contributed by atoms with van der Waals surface area (Å²) >= 11 is 9.76. The third-order valence-electron chi connectivity index (χ3n) is 3.02. The maximum absolute atomic E-state index is 12.4. The average molecular weight is 386 g/mol. The van der Waals surface area contributed by atoms with Gasteiger partial charge in [0.15, 0.2) is 0 Å². The summed E-state index contributed by atoms with van der Waals surface area (Å²) in [5, 5.41) is 8.72. The Morgan fingerprint density at radius 3 is 2.57 bits per heavy atom. The molecule has 0 spiro atoms. The van der Waals surface area contributed by atoms with Crippen molar-refractivity contribution >= 4 is 61.7 Å². The Kier molecular flexibility index (Phi) is 5.18. The SMILES string of the molecule is CC(=C1SC(=S)N(CCC(=O)O)C1=O)c1ccc(Br)cc1. The number of aliphatic carboxylic acids is 1. The second kappa shape index (κ2) is 6.72. The maximum Gasteiger partial charge on any atom is 0.305 e. The number of halogens is 1. The van der Waals surface area contributed by atoms with Gasteiger partial charge in [0.25, 0.3) is 5.91 Å². The van der Waals surface area contributed by atoms with Crippen molar-refractivity contribution in [3.63, 3.8) is 0 Å². The predicted molar refractivity (Wildman–Crippen MR) is 90.9 cm³/mol. The van der Waals surface area contributed by atoms with E-state index in [1.807, 2.05) is 31.2 Å². The molecule has 0 bridgehead atoms. The van der Waals surface area contributed by atoms with E-state index in [4.69, 9.17) is 17.3 Å². The van der Waals surface area contributed by atoms with Crippen molar-refractivity contribution < 1.29 is 14.7 Å².